The third-order valence-electron chi connectivity index (χ3n) is 5.85. The van der Waals surface area contributed by atoms with E-state index in [1.54, 1.807) is 0 Å². The first-order valence-electron chi connectivity index (χ1n) is 9.10. The largest absolute Gasteiger partial charge is 0.481 e. The number of carbonyl (C=O) groups excluding carboxylic acids is 1. The van der Waals surface area contributed by atoms with Crippen LogP contribution in [0.15, 0.2) is 24.3 Å². The van der Waals surface area contributed by atoms with Crippen LogP contribution in [0, 0.1) is 12.8 Å². The van der Waals surface area contributed by atoms with Crippen LogP contribution in [0.1, 0.15) is 56.1 Å². The van der Waals surface area contributed by atoms with E-state index in [2.05, 4.69) is 19.1 Å². The molecule has 2 fully saturated rings. The van der Waals surface area contributed by atoms with Crippen molar-refractivity contribution in [3.05, 3.63) is 35.4 Å². The van der Waals surface area contributed by atoms with Gasteiger partial charge >= 0.3 is 5.97 Å². The van der Waals surface area contributed by atoms with Gasteiger partial charge in [0.1, 0.15) is 0 Å². The van der Waals surface area contributed by atoms with Gasteiger partial charge in [-0.05, 0) is 56.1 Å². The molecule has 1 aromatic rings. The molecule has 4 nitrogen and oxygen atoms in total. The zero-order valence-electron chi connectivity index (χ0n) is 14.5. The molecule has 1 saturated carbocycles. The van der Waals surface area contributed by atoms with Gasteiger partial charge in [0.15, 0.2) is 0 Å². The minimum Gasteiger partial charge on any atom is -0.481 e. The van der Waals surface area contributed by atoms with Crippen LogP contribution in [0.25, 0.3) is 0 Å². The standard InChI is InChI=1S/C20H27NO3/c1-15-6-2-3-8-17(15)20(11-5-12-20)19(24)21-13-4-7-16(14-21)9-10-18(22)23/h2-3,6,8,16H,4-5,7,9-14H2,1H3,(H,22,23). The molecule has 1 N–H and O–H groups in total. The minimum absolute atomic E-state index is 0.204. The maximum Gasteiger partial charge on any atom is 0.303 e. The number of likely N-dealkylation sites (tertiary alicyclic amines) is 1. The molecule has 4 heteroatoms. The third kappa shape index (κ3) is 3.19. The molecule has 1 amide bonds. The lowest BCUT2D eigenvalue weighted by Gasteiger charge is -2.46. The van der Waals surface area contributed by atoms with Crippen molar-refractivity contribution in [1.29, 1.82) is 0 Å². The second kappa shape index (κ2) is 6.96. The van der Waals surface area contributed by atoms with Crippen molar-refractivity contribution in [3.63, 3.8) is 0 Å². The number of carboxylic acids is 1. The summed E-state index contributed by atoms with van der Waals surface area (Å²) in [6, 6.07) is 8.26. The number of hydrogen-bond donors (Lipinski definition) is 1. The first-order valence-corrected chi connectivity index (χ1v) is 9.10. The highest BCUT2D eigenvalue weighted by Crippen LogP contribution is 2.46. The molecule has 0 aromatic heterocycles. The second-order valence-corrected chi connectivity index (χ2v) is 7.44. The van der Waals surface area contributed by atoms with Gasteiger partial charge in [-0.1, -0.05) is 30.7 Å². The number of carbonyl (C=O) groups is 2. The van der Waals surface area contributed by atoms with E-state index < -0.39 is 5.97 Å². The Kier molecular flexibility index (Phi) is 4.93. The van der Waals surface area contributed by atoms with Crippen molar-refractivity contribution < 1.29 is 14.7 Å². The highest BCUT2D eigenvalue weighted by atomic mass is 16.4. The number of piperidine rings is 1. The van der Waals surface area contributed by atoms with Crippen LogP contribution in [0.5, 0.6) is 0 Å². The van der Waals surface area contributed by atoms with Gasteiger partial charge in [-0.25, -0.2) is 0 Å². The summed E-state index contributed by atoms with van der Waals surface area (Å²) in [4.78, 5) is 26.2. The van der Waals surface area contributed by atoms with E-state index in [0.717, 1.165) is 45.2 Å². The predicted molar refractivity (Wildman–Crippen MR) is 92.9 cm³/mol. The van der Waals surface area contributed by atoms with Crippen LogP contribution in [-0.4, -0.2) is 35.0 Å². The van der Waals surface area contributed by atoms with Gasteiger partial charge in [0.2, 0.25) is 5.91 Å². The van der Waals surface area contributed by atoms with E-state index in [0.29, 0.717) is 12.3 Å². The molecular formula is C20H27NO3. The quantitative estimate of drug-likeness (QED) is 0.899. The lowest BCUT2D eigenvalue weighted by atomic mass is 9.62. The summed E-state index contributed by atoms with van der Waals surface area (Å²) in [7, 11) is 0. The van der Waals surface area contributed by atoms with E-state index in [1.807, 2.05) is 17.0 Å². The number of benzene rings is 1. The average molecular weight is 329 g/mol. The van der Waals surface area contributed by atoms with Crippen molar-refractivity contribution in [3.8, 4) is 0 Å². The first kappa shape index (κ1) is 17.0. The van der Waals surface area contributed by atoms with E-state index >= 15 is 0 Å². The normalized spacial score (nSPS) is 22.7. The smallest absolute Gasteiger partial charge is 0.303 e. The Morgan fingerprint density at radius 2 is 2.00 bits per heavy atom. The number of nitrogens with zero attached hydrogens (tertiary/aromatic N) is 1. The Bertz CT molecular complexity index is 621. The minimum atomic E-state index is -0.742. The molecular weight excluding hydrogens is 302 g/mol. The van der Waals surface area contributed by atoms with Gasteiger partial charge in [-0.3, -0.25) is 9.59 Å². The zero-order valence-corrected chi connectivity index (χ0v) is 14.5. The van der Waals surface area contributed by atoms with E-state index in [4.69, 9.17) is 5.11 Å². The Balaban J connectivity index is 1.74. The summed E-state index contributed by atoms with van der Waals surface area (Å²) in [5.74, 6) is -0.148. The third-order valence-corrected chi connectivity index (χ3v) is 5.85. The fourth-order valence-corrected chi connectivity index (χ4v) is 4.35. The summed E-state index contributed by atoms with van der Waals surface area (Å²) in [6.07, 6.45) is 5.89. The van der Waals surface area contributed by atoms with Crippen LogP contribution in [0.2, 0.25) is 0 Å². The maximum atomic E-state index is 13.3. The topological polar surface area (TPSA) is 57.6 Å². The molecule has 0 radical (unpaired) electrons. The van der Waals surface area contributed by atoms with Crippen molar-refractivity contribution in [2.45, 2.75) is 57.3 Å². The van der Waals surface area contributed by atoms with Crippen LogP contribution in [0.3, 0.4) is 0 Å². The van der Waals surface area contributed by atoms with Crippen molar-refractivity contribution in [2.24, 2.45) is 5.92 Å². The molecule has 0 spiro atoms. The number of aryl methyl sites for hydroxylation is 1. The number of aliphatic carboxylic acids is 1. The van der Waals surface area contributed by atoms with E-state index in [1.165, 1.54) is 11.1 Å². The van der Waals surface area contributed by atoms with E-state index in [9.17, 15) is 9.59 Å². The van der Waals surface area contributed by atoms with Crippen molar-refractivity contribution >= 4 is 11.9 Å². The maximum absolute atomic E-state index is 13.3. The number of rotatable bonds is 5. The Hall–Kier alpha value is -1.84. The molecule has 3 rings (SSSR count). The molecule has 24 heavy (non-hydrogen) atoms. The zero-order chi connectivity index (χ0) is 17.2. The number of amides is 1. The van der Waals surface area contributed by atoms with Crippen LogP contribution in [-0.2, 0) is 15.0 Å². The molecule has 1 aliphatic heterocycles. The first-order chi connectivity index (χ1) is 11.5. The lowest BCUT2D eigenvalue weighted by Crippen LogP contribution is -2.53. The van der Waals surface area contributed by atoms with Gasteiger partial charge in [0.25, 0.3) is 0 Å². The molecule has 130 valence electrons. The van der Waals surface area contributed by atoms with Gasteiger partial charge in [0, 0.05) is 19.5 Å². The molecule has 1 aromatic carbocycles. The summed E-state index contributed by atoms with van der Waals surface area (Å²) in [5, 5.41) is 8.89. The molecule has 0 bridgehead atoms. The fourth-order valence-electron chi connectivity index (χ4n) is 4.35. The van der Waals surface area contributed by atoms with Crippen LogP contribution >= 0.6 is 0 Å². The second-order valence-electron chi connectivity index (χ2n) is 7.44. The predicted octanol–water partition coefficient (Wildman–Crippen LogP) is 3.52. The van der Waals surface area contributed by atoms with Gasteiger partial charge < -0.3 is 10.0 Å². The molecule has 1 atom stereocenters. The summed E-state index contributed by atoms with van der Waals surface area (Å²) < 4.78 is 0. The van der Waals surface area contributed by atoms with Gasteiger partial charge in [-0.2, -0.15) is 0 Å². The van der Waals surface area contributed by atoms with Crippen molar-refractivity contribution in [2.75, 3.05) is 13.1 Å². The Labute approximate surface area is 143 Å². The lowest BCUT2D eigenvalue weighted by molar-refractivity contribution is -0.143. The van der Waals surface area contributed by atoms with Crippen molar-refractivity contribution in [1.82, 2.24) is 4.90 Å². The molecule has 1 aliphatic carbocycles. The van der Waals surface area contributed by atoms with Gasteiger partial charge in [-0.15, -0.1) is 0 Å². The number of carboxylic acid groups (broad SMARTS) is 1. The summed E-state index contributed by atoms with van der Waals surface area (Å²) in [6.45, 7) is 3.63. The summed E-state index contributed by atoms with van der Waals surface area (Å²) >= 11 is 0. The molecule has 1 heterocycles. The van der Waals surface area contributed by atoms with Crippen LogP contribution < -0.4 is 0 Å². The van der Waals surface area contributed by atoms with Crippen LogP contribution in [0.4, 0.5) is 0 Å². The monoisotopic (exact) mass is 329 g/mol. The Morgan fingerprint density at radius 1 is 1.25 bits per heavy atom. The molecule has 2 aliphatic rings. The molecule has 1 saturated heterocycles. The highest BCUT2D eigenvalue weighted by Gasteiger charge is 2.48. The number of hydrogen-bond acceptors (Lipinski definition) is 2. The Morgan fingerprint density at radius 3 is 2.62 bits per heavy atom. The average Bonchev–Trinajstić information content (AvgIpc) is 2.54. The SMILES string of the molecule is Cc1ccccc1C1(C(=O)N2CCCC(CCC(=O)O)C2)CCC1. The molecule has 1 unspecified atom stereocenters. The van der Waals surface area contributed by atoms with E-state index in [-0.39, 0.29) is 17.7 Å². The summed E-state index contributed by atoms with van der Waals surface area (Å²) in [5.41, 5.74) is 2.05. The van der Waals surface area contributed by atoms with Gasteiger partial charge in [0.05, 0.1) is 5.41 Å². The fraction of sp³-hybridized carbons (Fsp3) is 0.600. The highest BCUT2D eigenvalue weighted by molar-refractivity contribution is 5.89.